The molecule has 0 spiro atoms. The van der Waals surface area contributed by atoms with Crippen molar-refractivity contribution in [2.75, 3.05) is 19.6 Å². The second kappa shape index (κ2) is 8.69. The van der Waals surface area contributed by atoms with E-state index in [1.807, 2.05) is 33.0 Å². The normalized spacial score (nSPS) is 14.2. The van der Waals surface area contributed by atoms with Gasteiger partial charge < -0.3 is 25.1 Å². The topological polar surface area (TPSA) is 85.6 Å². The van der Waals surface area contributed by atoms with Gasteiger partial charge in [-0.2, -0.15) is 0 Å². The summed E-state index contributed by atoms with van der Waals surface area (Å²) in [5.41, 5.74) is 1.58. The largest absolute Gasteiger partial charge is 0.466 e. The summed E-state index contributed by atoms with van der Waals surface area (Å²) in [5, 5.41) is 18.2. The molecule has 2 heterocycles. The highest BCUT2D eigenvalue weighted by Gasteiger charge is 2.27. The van der Waals surface area contributed by atoms with Gasteiger partial charge in [0.05, 0.1) is 6.54 Å². The highest BCUT2D eigenvalue weighted by Crippen LogP contribution is 2.27. The molecule has 6 nitrogen and oxygen atoms in total. The molecule has 0 bridgehead atoms. The molecule has 0 saturated heterocycles. The number of fused-ring (bicyclic) bond motifs is 1. The van der Waals surface area contributed by atoms with E-state index in [4.69, 9.17) is 4.42 Å². The first-order chi connectivity index (χ1) is 13.8. The molecule has 156 valence electrons. The van der Waals surface area contributed by atoms with Crippen LogP contribution in [0.2, 0.25) is 0 Å². The van der Waals surface area contributed by atoms with E-state index in [1.54, 1.807) is 19.1 Å². The quantitative estimate of drug-likeness (QED) is 0.361. The Labute approximate surface area is 170 Å². The average Bonchev–Trinajstić information content (AvgIpc) is 3.22. The summed E-state index contributed by atoms with van der Waals surface area (Å²) in [6, 6.07) is 6.59. The zero-order chi connectivity index (χ0) is 21.0. The van der Waals surface area contributed by atoms with Gasteiger partial charge in [0.25, 0.3) is 0 Å². The van der Waals surface area contributed by atoms with E-state index in [0.29, 0.717) is 31.2 Å². The summed E-state index contributed by atoms with van der Waals surface area (Å²) in [6.07, 6.45) is 2.62. The summed E-state index contributed by atoms with van der Waals surface area (Å²) in [5.74, 6) is 1.85. The van der Waals surface area contributed by atoms with Gasteiger partial charge in [-0.25, -0.2) is 9.38 Å². The number of aromatic amines is 1. The summed E-state index contributed by atoms with van der Waals surface area (Å²) < 4.78 is 19.1. The van der Waals surface area contributed by atoms with Crippen LogP contribution in [0.5, 0.6) is 0 Å². The number of H-pyrrole nitrogens is 1. The maximum Gasteiger partial charge on any atom is 0.191 e. The minimum Gasteiger partial charge on any atom is -0.466 e. The molecular formula is C22H29FN4O2. The summed E-state index contributed by atoms with van der Waals surface area (Å²) in [6.45, 7) is 8.95. The smallest absolute Gasteiger partial charge is 0.191 e. The first kappa shape index (κ1) is 20.9. The number of hydrogen-bond donors (Lipinski definition) is 4. The Morgan fingerprint density at radius 2 is 2.07 bits per heavy atom. The molecule has 29 heavy (non-hydrogen) atoms. The number of hydrogen-bond acceptors (Lipinski definition) is 3. The lowest BCUT2D eigenvalue weighted by atomic mass is 9.96. The lowest BCUT2D eigenvalue weighted by molar-refractivity contribution is 0.0657. The van der Waals surface area contributed by atoms with E-state index in [9.17, 15) is 9.50 Å². The second-order valence-corrected chi connectivity index (χ2v) is 7.48. The summed E-state index contributed by atoms with van der Waals surface area (Å²) in [4.78, 5) is 7.71. The van der Waals surface area contributed by atoms with Crippen molar-refractivity contribution in [3.8, 4) is 0 Å². The molecule has 0 aliphatic heterocycles. The zero-order valence-electron chi connectivity index (χ0n) is 17.4. The standard InChI is InChI=1S/C22H29FN4O2/c1-5-24-21(27-13-22(4,28)19-10-14(2)29-15(19)3)25-9-8-16-12-26-20-7-6-17(23)11-18(16)20/h6-7,10-12,26,28H,5,8-9,13H2,1-4H3,(H2,24,25,27). The maximum atomic E-state index is 13.5. The van der Waals surface area contributed by atoms with Gasteiger partial charge in [-0.05, 0) is 63.9 Å². The Hall–Kier alpha value is -2.80. The van der Waals surface area contributed by atoms with Gasteiger partial charge in [0.2, 0.25) is 0 Å². The van der Waals surface area contributed by atoms with Crippen LogP contribution in [0.25, 0.3) is 10.9 Å². The van der Waals surface area contributed by atoms with Gasteiger partial charge in [-0.15, -0.1) is 0 Å². The van der Waals surface area contributed by atoms with Gasteiger partial charge >= 0.3 is 0 Å². The minimum absolute atomic E-state index is 0.195. The molecule has 0 fully saturated rings. The first-order valence-electron chi connectivity index (χ1n) is 9.87. The van der Waals surface area contributed by atoms with Crippen molar-refractivity contribution in [1.82, 2.24) is 15.6 Å². The fourth-order valence-electron chi connectivity index (χ4n) is 3.50. The van der Waals surface area contributed by atoms with E-state index in [1.165, 1.54) is 6.07 Å². The lowest BCUT2D eigenvalue weighted by Gasteiger charge is -2.21. The number of aromatic nitrogens is 1. The van der Waals surface area contributed by atoms with Crippen molar-refractivity contribution in [3.05, 3.63) is 58.9 Å². The van der Waals surface area contributed by atoms with E-state index in [-0.39, 0.29) is 12.4 Å². The monoisotopic (exact) mass is 400 g/mol. The molecule has 3 aromatic rings. The third-order valence-corrected chi connectivity index (χ3v) is 4.93. The Morgan fingerprint density at radius 3 is 2.76 bits per heavy atom. The number of aliphatic hydroxyl groups is 1. The molecule has 0 amide bonds. The molecule has 7 heteroatoms. The fraction of sp³-hybridized carbons (Fsp3) is 0.409. The summed E-state index contributed by atoms with van der Waals surface area (Å²) in [7, 11) is 0. The Morgan fingerprint density at radius 1 is 1.28 bits per heavy atom. The van der Waals surface area contributed by atoms with Crippen LogP contribution in [-0.2, 0) is 12.0 Å². The summed E-state index contributed by atoms with van der Waals surface area (Å²) >= 11 is 0. The molecule has 0 aliphatic rings. The maximum absolute atomic E-state index is 13.5. The van der Waals surface area contributed by atoms with E-state index < -0.39 is 5.60 Å². The van der Waals surface area contributed by atoms with Crippen LogP contribution in [0, 0.1) is 19.7 Å². The van der Waals surface area contributed by atoms with Crippen LogP contribution < -0.4 is 10.6 Å². The fourth-order valence-corrected chi connectivity index (χ4v) is 3.50. The highest BCUT2D eigenvalue weighted by atomic mass is 19.1. The number of halogens is 1. The van der Waals surface area contributed by atoms with Gasteiger partial charge in [0, 0.05) is 35.8 Å². The number of furan rings is 1. The molecule has 1 unspecified atom stereocenters. The predicted octanol–water partition coefficient (Wildman–Crippen LogP) is 3.52. The van der Waals surface area contributed by atoms with Crippen LogP contribution >= 0.6 is 0 Å². The van der Waals surface area contributed by atoms with Crippen molar-refractivity contribution in [1.29, 1.82) is 0 Å². The number of aliphatic imine (C=N–C) groups is 1. The molecule has 0 radical (unpaired) electrons. The van der Waals surface area contributed by atoms with Crippen LogP contribution in [0.1, 0.15) is 36.5 Å². The average molecular weight is 400 g/mol. The van der Waals surface area contributed by atoms with E-state index >= 15 is 0 Å². The molecular weight excluding hydrogens is 371 g/mol. The number of rotatable bonds is 7. The number of nitrogens with zero attached hydrogens (tertiary/aromatic N) is 1. The number of nitrogens with one attached hydrogen (secondary N) is 3. The molecule has 0 aliphatic carbocycles. The molecule has 3 rings (SSSR count). The van der Waals surface area contributed by atoms with E-state index in [2.05, 4.69) is 20.6 Å². The molecule has 1 aromatic carbocycles. The molecule has 0 saturated carbocycles. The van der Waals surface area contributed by atoms with Crippen molar-refractivity contribution in [2.24, 2.45) is 4.99 Å². The van der Waals surface area contributed by atoms with Crippen LogP contribution in [0.3, 0.4) is 0 Å². The Bertz CT molecular complexity index is 1000. The molecule has 2 aromatic heterocycles. The minimum atomic E-state index is -1.13. The lowest BCUT2D eigenvalue weighted by Crippen LogP contribution is -2.39. The molecule has 4 N–H and O–H groups in total. The second-order valence-electron chi connectivity index (χ2n) is 7.48. The van der Waals surface area contributed by atoms with Crippen LogP contribution in [-0.4, -0.2) is 35.7 Å². The third kappa shape index (κ3) is 4.98. The van der Waals surface area contributed by atoms with Gasteiger partial charge in [0.1, 0.15) is 22.9 Å². The number of guanidine groups is 1. The van der Waals surface area contributed by atoms with Gasteiger partial charge in [-0.1, -0.05) is 0 Å². The van der Waals surface area contributed by atoms with Gasteiger partial charge in [-0.3, -0.25) is 0 Å². The SMILES string of the molecule is CCNC(=NCC(C)(O)c1cc(C)oc1C)NCCc1c[nH]c2ccc(F)cc12. The Kier molecular flexibility index (Phi) is 6.27. The van der Waals surface area contributed by atoms with Crippen LogP contribution in [0.15, 0.2) is 39.9 Å². The highest BCUT2D eigenvalue weighted by molar-refractivity contribution is 5.83. The van der Waals surface area contributed by atoms with Crippen LogP contribution in [0.4, 0.5) is 4.39 Å². The van der Waals surface area contributed by atoms with Crippen molar-refractivity contribution < 1.29 is 13.9 Å². The zero-order valence-corrected chi connectivity index (χ0v) is 17.4. The van der Waals surface area contributed by atoms with E-state index in [0.717, 1.165) is 27.8 Å². The first-order valence-corrected chi connectivity index (χ1v) is 9.87. The van der Waals surface area contributed by atoms with Crippen molar-refractivity contribution >= 4 is 16.9 Å². The Balaban J connectivity index is 1.64. The van der Waals surface area contributed by atoms with Crippen molar-refractivity contribution in [2.45, 2.75) is 39.7 Å². The molecule has 1 atom stereocenters. The van der Waals surface area contributed by atoms with Gasteiger partial charge in [0.15, 0.2) is 5.96 Å². The third-order valence-electron chi connectivity index (χ3n) is 4.93. The predicted molar refractivity (Wildman–Crippen MR) is 114 cm³/mol. The number of aryl methyl sites for hydroxylation is 2. The van der Waals surface area contributed by atoms with Crippen molar-refractivity contribution in [3.63, 3.8) is 0 Å². The number of benzene rings is 1.